The maximum Gasteiger partial charge on any atom is 0.416 e. The van der Waals surface area contributed by atoms with Crippen LogP contribution in [0.4, 0.5) is 32.0 Å². The first-order chi connectivity index (χ1) is 19.6. The first kappa shape index (κ1) is 30.7. The third kappa shape index (κ3) is 6.45. The highest BCUT2D eigenvalue weighted by atomic mass is 32.2. The summed E-state index contributed by atoms with van der Waals surface area (Å²) in [7, 11) is -1.77. The van der Waals surface area contributed by atoms with Crippen molar-refractivity contribution >= 4 is 27.5 Å². The minimum Gasteiger partial charge on any atom is -0.435 e. The topological polar surface area (TPSA) is 87.2 Å². The van der Waals surface area contributed by atoms with Gasteiger partial charge in [-0.05, 0) is 53.6 Å². The molecule has 4 rings (SSSR count). The molecule has 0 saturated heterocycles. The van der Waals surface area contributed by atoms with Gasteiger partial charge in [-0.1, -0.05) is 12.1 Å². The summed E-state index contributed by atoms with van der Waals surface area (Å²) in [4.78, 5) is 27.1. The van der Waals surface area contributed by atoms with E-state index in [4.69, 9.17) is 0 Å². The predicted octanol–water partition coefficient (Wildman–Crippen LogP) is 5.20. The number of fused-ring (bicyclic) bond motifs is 1. The third-order valence-electron chi connectivity index (χ3n) is 6.36. The van der Waals surface area contributed by atoms with Crippen LogP contribution in [0.3, 0.4) is 0 Å². The van der Waals surface area contributed by atoms with Gasteiger partial charge in [-0.3, -0.25) is 9.59 Å². The predicted molar refractivity (Wildman–Crippen MR) is 139 cm³/mol. The van der Waals surface area contributed by atoms with Crippen molar-refractivity contribution in [3.63, 3.8) is 0 Å². The number of carbonyl (C=O) groups excluding carboxylic acids is 2. The molecule has 1 aliphatic heterocycles. The van der Waals surface area contributed by atoms with Crippen LogP contribution in [0.1, 0.15) is 22.3 Å². The summed E-state index contributed by atoms with van der Waals surface area (Å²) in [6, 6.07) is 9.53. The molecule has 0 radical (unpaired) electrons. The quantitative estimate of drug-likeness (QED) is 0.326. The molecule has 0 N–H and O–H groups in total. The van der Waals surface area contributed by atoms with Gasteiger partial charge in [0.05, 0.1) is 21.7 Å². The second-order valence-electron chi connectivity index (χ2n) is 9.41. The summed E-state index contributed by atoms with van der Waals surface area (Å²) in [5.74, 6) is -2.48. The van der Waals surface area contributed by atoms with Gasteiger partial charge >= 0.3 is 12.8 Å². The number of halogens is 6. The number of rotatable bonds is 8. The van der Waals surface area contributed by atoms with Gasteiger partial charge in [0.25, 0.3) is 15.9 Å². The Morgan fingerprint density at radius 2 is 1.74 bits per heavy atom. The monoisotopic (exact) mass is 615 g/mol. The molecule has 0 bridgehead atoms. The van der Waals surface area contributed by atoms with Gasteiger partial charge in [-0.25, -0.2) is 17.1 Å². The molecule has 1 aliphatic rings. The maximum atomic E-state index is 14.2. The van der Waals surface area contributed by atoms with Crippen LogP contribution in [0.25, 0.3) is 11.1 Å². The van der Waals surface area contributed by atoms with E-state index in [1.54, 1.807) is 0 Å². The molecule has 0 spiro atoms. The van der Waals surface area contributed by atoms with Gasteiger partial charge in [-0.15, -0.1) is 0 Å². The summed E-state index contributed by atoms with van der Waals surface area (Å²) in [6.07, 6.45) is -5.01. The largest absolute Gasteiger partial charge is 0.435 e. The molecule has 15 heteroatoms. The minimum absolute atomic E-state index is 0.00340. The molecule has 0 aliphatic carbocycles. The lowest BCUT2D eigenvalue weighted by atomic mass is 10.00. The number of sulfonamides is 1. The molecule has 0 aromatic heterocycles. The van der Waals surface area contributed by atoms with Crippen LogP contribution in [0.15, 0.2) is 65.6 Å². The number of benzene rings is 3. The first-order valence-corrected chi connectivity index (χ1v) is 13.6. The normalized spacial score (nSPS) is 13.8. The summed E-state index contributed by atoms with van der Waals surface area (Å²) < 4.78 is 112. The molecule has 8 nitrogen and oxygen atoms in total. The second-order valence-corrected chi connectivity index (χ2v) is 11.3. The Morgan fingerprint density at radius 3 is 2.38 bits per heavy atom. The zero-order valence-corrected chi connectivity index (χ0v) is 22.8. The van der Waals surface area contributed by atoms with E-state index in [1.807, 2.05) is 0 Å². The van der Waals surface area contributed by atoms with E-state index in [2.05, 4.69) is 4.74 Å². The average Bonchev–Trinajstić information content (AvgIpc) is 2.91. The minimum atomic E-state index is -4.84. The van der Waals surface area contributed by atoms with Crippen LogP contribution in [-0.2, 0) is 21.0 Å². The van der Waals surface area contributed by atoms with Crippen LogP contribution in [0.5, 0.6) is 5.75 Å². The van der Waals surface area contributed by atoms with Gasteiger partial charge in [0.2, 0.25) is 5.91 Å². The Labute approximate surface area is 236 Å². The fourth-order valence-electron chi connectivity index (χ4n) is 4.26. The van der Waals surface area contributed by atoms with E-state index in [-0.39, 0.29) is 41.3 Å². The highest BCUT2D eigenvalue weighted by Crippen LogP contribution is 2.38. The molecule has 2 amide bonds. The number of hydrogen-bond donors (Lipinski definition) is 0. The molecule has 0 unspecified atom stereocenters. The fraction of sp³-hybridized carbons (Fsp3) is 0.259. The van der Waals surface area contributed by atoms with E-state index < -0.39 is 57.4 Å². The lowest BCUT2D eigenvalue weighted by Gasteiger charge is -2.37. The Kier molecular flexibility index (Phi) is 8.43. The van der Waals surface area contributed by atoms with Gasteiger partial charge in [0.15, 0.2) is 0 Å². The van der Waals surface area contributed by atoms with Gasteiger partial charge < -0.3 is 14.5 Å². The summed E-state index contributed by atoms with van der Waals surface area (Å²) in [5.41, 5.74) is -1.54. The standard InChI is InChI=1S/C27H23F6N3O5S/c1-34(2)24(37)8-9-35-15-36(42(39,40)21-5-3-4-18(13-21)27(31,32)33)23-12-16(6-7-22(23)25(35)38)17-10-19(28)14-20(11-17)41-26(29)30/h3-7,10-14,26H,8-9,15H2,1-2H3. The zero-order valence-electron chi connectivity index (χ0n) is 22.0. The molecule has 0 atom stereocenters. The second kappa shape index (κ2) is 11.5. The Bertz CT molecular complexity index is 1630. The SMILES string of the molecule is CN(C)C(=O)CCN1CN(S(=O)(=O)c2cccc(C(F)(F)F)c2)c2cc(-c3cc(F)cc(OC(F)F)c3)ccc2C1=O. The summed E-state index contributed by atoms with van der Waals surface area (Å²) >= 11 is 0. The number of amides is 2. The maximum absolute atomic E-state index is 14.2. The van der Waals surface area contributed by atoms with Crippen LogP contribution in [-0.4, -0.2) is 64.0 Å². The van der Waals surface area contributed by atoms with Crippen LogP contribution >= 0.6 is 0 Å². The fourth-order valence-corrected chi connectivity index (χ4v) is 5.74. The van der Waals surface area contributed by atoms with E-state index in [9.17, 15) is 44.3 Å². The van der Waals surface area contributed by atoms with Gasteiger partial charge in [-0.2, -0.15) is 22.0 Å². The lowest BCUT2D eigenvalue weighted by molar-refractivity contribution is -0.137. The lowest BCUT2D eigenvalue weighted by Crippen LogP contribution is -2.50. The Balaban J connectivity index is 1.84. The van der Waals surface area contributed by atoms with Gasteiger partial charge in [0, 0.05) is 33.1 Å². The molecule has 3 aromatic carbocycles. The Morgan fingerprint density at radius 1 is 1.02 bits per heavy atom. The van der Waals surface area contributed by atoms with Crippen molar-refractivity contribution in [2.75, 3.05) is 31.6 Å². The number of carbonyl (C=O) groups is 2. The van der Waals surface area contributed by atoms with Crippen molar-refractivity contribution in [3.05, 3.63) is 77.6 Å². The molecular weight excluding hydrogens is 592 g/mol. The van der Waals surface area contributed by atoms with Crippen LogP contribution in [0.2, 0.25) is 0 Å². The zero-order chi connectivity index (χ0) is 31.0. The van der Waals surface area contributed by atoms with Gasteiger partial charge in [0.1, 0.15) is 18.2 Å². The molecule has 3 aromatic rings. The molecule has 42 heavy (non-hydrogen) atoms. The number of hydrogen-bond acceptors (Lipinski definition) is 5. The molecule has 0 saturated carbocycles. The average molecular weight is 616 g/mol. The summed E-state index contributed by atoms with van der Waals surface area (Å²) in [5, 5.41) is 0. The number of alkyl halides is 5. The molecule has 0 fully saturated rings. The van der Waals surface area contributed by atoms with Crippen molar-refractivity contribution < 1.29 is 49.1 Å². The summed E-state index contributed by atoms with van der Waals surface area (Å²) in [6.45, 7) is -4.11. The Hall–Kier alpha value is -4.27. The highest BCUT2D eigenvalue weighted by molar-refractivity contribution is 7.92. The van der Waals surface area contributed by atoms with Crippen molar-refractivity contribution in [1.82, 2.24) is 9.80 Å². The first-order valence-electron chi connectivity index (χ1n) is 12.2. The van der Waals surface area contributed by atoms with E-state index in [0.29, 0.717) is 16.4 Å². The number of anilines is 1. The van der Waals surface area contributed by atoms with Crippen LogP contribution in [0, 0.1) is 5.82 Å². The van der Waals surface area contributed by atoms with Crippen molar-refractivity contribution in [2.45, 2.75) is 24.1 Å². The number of nitrogens with zero attached hydrogens (tertiary/aromatic N) is 3. The van der Waals surface area contributed by atoms with Crippen LogP contribution < -0.4 is 9.04 Å². The van der Waals surface area contributed by atoms with Crippen molar-refractivity contribution in [1.29, 1.82) is 0 Å². The molecular formula is C27H23F6N3O5S. The number of ether oxygens (including phenoxy) is 1. The van der Waals surface area contributed by atoms with Crippen molar-refractivity contribution in [3.8, 4) is 16.9 Å². The van der Waals surface area contributed by atoms with E-state index >= 15 is 0 Å². The van der Waals surface area contributed by atoms with Crippen molar-refractivity contribution in [2.24, 2.45) is 0 Å². The highest BCUT2D eigenvalue weighted by Gasteiger charge is 2.38. The molecule has 1 heterocycles. The smallest absolute Gasteiger partial charge is 0.416 e. The molecule has 224 valence electrons. The third-order valence-corrected chi connectivity index (χ3v) is 8.10. The van der Waals surface area contributed by atoms with E-state index in [1.165, 1.54) is 37.2 Å². The van der Waals surface area contributed by atoms with E-state index in [0.717, 1.165) is 35.2 Å².